The van der Waals surface area contributed by atoms with Crippen LogP contribution < -0.4 is 37.9 Å². The fourth-order valence-electron chi connectivity index (χ4n) is 3.39. The molecule has 0 aliphatic heterocycles. The Kier molecular flexibility index (Phi) is 28.9. The standard InChI is InChI=1S/C19H31N7O2.C5H14N2.2C4H6O/c1-21-7-5-9-23-19(28)6-4-8-22-15-13-18-17(12-16(15)25-20)24-14-26(18)10-2-3-11-27;1-6-4-3-5-7-2;2*1-4(2)3-5/h11-14,21-22,25H,2-10,20H2,1H3,(H,23,28);6-7H,3-5H2,1-2H3;2*3H,1H2,2H3. The van der Waals surface area contributed by atoms with Gasteiger partial charge >= 0.3 is 0 Å². The van der Waals surface area contributed by atoms with Crippen LogP contribution in [0.5, 0.6) is 0 Å². The molecule has 2 aromatic rings. The Morgan fingerprint density at radius 1 is 0.844 bits per heavy atom. The Labute approximate surface area is 269 Å². The number of aldehydes is 3. The highest BCUT2D eigenvalue weighted by molar-refractivity contribution is 5.88. The van der Waals surface area contributed by atoms with E-state index in [2.05, 4.69) is 50.2 Å². The zero-order valence-corrected chi connectivity index (χ0v) is 28.0. The Morgan fingerprint density at radius 3 is 1.89 bits per heavy atom. The number of unbranched alkanes of at least 4 members (excludes halogenated alkanes) is 1. The normalized spacial score (nSPS) is 9.64. The minimum Gasteiger partial charge on any atom is -0.383 e. The molecule has 13 heteroatoms. The minimum atomic E-state index is 0.0683. The number of carbonyl (C=O) groups is 4. The molecule has 1 aromatic carbocycles. The fourth-order valence-corrected chi connectivity index (χ4v) is 3.39. The lowest BCUT2D eigenvalue weighted by atomic mass is 10.2. The van der Waals surface area contributed by atoms with E-state index in [4.69, 9.17) is 5.84 Å². The Bertz CT molecular complexity index is 1100. The maximum absolute atomic E-state index is 11.8. The summed E-state index contributed by atoms with van der Waals surface area (Å²) in [5, 5.41) is 15.4. The Balaban J connectivity index is 0. The lowest BCUT2D eigenvalue weighted by Gasteiger charge is -2.13. The number of nitrogens with zero attached hydrogens (tertiary/aromatic N) is 2. The van der Waals surface area contributed by atoms with E-state index in [-0.39, 0.29) is 5.91 Å². The summed E-state index contributed by atoms with van der Waals surface area (Å²) in [6, 6.07) is 3.89. The number of hydrogen-bond donors (Lipinski definition) is 7. The summed E-state index contributed by atoms with van der Waals surface area (Å²) in [4.78, 5) is 45.6. The number of aryl methyl sites for hydroxylation is 1. The number of fused-ring (bicyclic) bond motifs is 1. The second-order valence-electron chi connectivity index (χ2n) is 10.1. The number of nitrogen functional groups attached to an aromatic ring is 1. The Hall–Kier alpha value is -3.91. The first kappa shape index (κ1) is 43.2. The molecule has 0 saturated heterocycles. The molecule has 0 aliphatic rings. The van der Waals surface area contributed by atoms with Crippen molar-refractivity contribution in [2.45, 2.75) is 58.9 Å². The molecule has 0 spiro atoms. The molecule has 1 heterocycles. The van der Waals surface area contributed by atoms with E-state index in [1.165, 1.54) is 6.42 Å². The van der Waals surface area contributed by atoms with Gasteiger partial charge in [-0.1, -0.05) is 13.2 Å². The van der Waals surface area contributed by atoms with Crippen LogP contribution in [0.1, 0.15) is 52.4 Å². The first-order chi connectivity index (χ1) is 21.6. The number of benzene rings is 1. The average molecular weight is 632 g/mol. The number of allylic oxidation sites excluding steroid dienone is 2. The molecule has 0 fully saturated rings. The molecule has 0 atom stereocenters. The van der Waals surface area contributed by atoms with Crippen molar-refractivity contribution in [3.05, 3.63) is 42.8 Å². The largest absolute Gasteiger partial charge is 0.383 e. The second kappa shape index (κ2) is 30.1. The van der Waals surface area contributed by atoms with Crippen molar-refractivity contribution in [2.24, 2.45) is 5.84 Å². The lowest BCUT2D eigenvalue weighted by molar-refractivity contribution is -0.121. The number of aromatic nitrogens is 2. The van der Waals surface area contributed by atoms with Gasteiger partial charge in [-0.25, -0.2) is 4.98 Å². The quantitative estimate of drug-likeness (QED) is 0.0375. The van der Waals surface area contributed by atoms with Gasteiger partial charge in [0.15, 0.2) is 0 Å². The molecule has 13 nitrogen and oxygen atoms in total. The number of anilines is 2. The van der Waals surface area contributed by atoms with Crippen LogP contribution in [0.4, 0.5) is 11.4 Å². The van der Waals surface area contributed by atoms with Crippen LogP contribution in [-0.4, -0.2) is 88.2 Å². The lowest BCUT2D eigenvalue weighted by Crippen LogP contribution is -2.26. The SMILES string of the molecule is C=C(C)C=O.C=C(C)C=O.CNCCCNC.CNCCCNC(=O)CCCNc1cc2c(cc1NN)ncn2CCCC=O. The number of amides is 1. The predicted octanol–water partition coefficient (Wildman–Crippen LogP) is 2.56. The highest BCUT2D eigenvalue weighted by atomic mass is 16.1. The van der Waals surface area contributed by atoms with Crippen molar-refractivity contribution in [1.29, 1.82) is 0 Å². The van der Waals surface area contributed by atoms with Crippen LogP contribution in [0.2, 0.25) is 0 Å². The first-order valence-corrected chi connectivity index (χ1v) is 15.2. The Morgan fingerprint density at radius 2 is 1.40 bits per heavy atom. The molecule has 45 heavy (non-hydrogen) atoms. The van der Waals surface area contributed by atoms with Crippen LogP contribution in [0.3, 0.4) is 0 Å². The van der Waals surface area contributed by atoms with Crippen molar-refractivity contribution < 1.29 is 19.2 Å². The highest BCUT2D eigenvalue weighted by Gasteiger charge is 2.09. The predicted molar refractivity (Wildman–Crippen MR) is 186 cm³/mol. The molecule has 1 amide bonds. The van der Waals surface area contributed by atoms with E-state index in [1.807, 2.05) is 37.8 Å². The monoisotopic (exact) mass is 631 g/mol. The van der Waals surface area contributed by atoms with E-state index in [0.29, 0.717) is 37.1 Å². The molecule has 0 radical (unpaired) electrons. The fraction of sp³-hybridized carbons (Fsp3) is 0.531. The number of nitrogens with one attached hydrogen (secondary N) is 6. The second-order valence-corrected chi connectivity index (χ2v) is 10.1. The zero-order chi connectivity index (χ0) is 34.3. The number of nitrogens with two attached hydrogens (primary N) is 1. The molecule has 8 N–H and O–H groups in total. The molecule has 0 unspecified atom stereocenters. The molecular weight excluding hydrogens is 574 g/mol. The summed E-state index contributed by atoms with van der Waals surface area (Å²) in [7, 11) is 5.83. The van der Waals surface area contributed by atoms with Gasteiger partial charge in [-0.2, -0.15) is 0 Å². The summed E-state index contributed by atoms with van der Waals surface area (Å²) in [6.45, 7) is 15.1. The number of imidazole rings is 1. The third-order valence-corrected chi connectivity index (χ3v) is 5.71. The van der Waals surface area contributed by atoms with Gasteiger partial charge in [-0.3, -0.25) is 20.2 Å². The maximum Gasteiger partial charge on any atom is 0.220 e. The van der Waals surface area contributed by atoms with Crippen molar-refractivity contribution in [1.82, 2.24) is 30.8 Å². The molecular formula is C32H57N9O4. The van der Waals surface area contributed by atoms with E-state index >= 15 is 0 Å². The summed E-state index contributed by atoms with van der Waals surface area (Å²) in [5.41, 5.74) is 7.28. The van der Waals surface area contributed by atoms with Crippen molar-refractivity contribution in [3.8, 4) is 0 Å². The van der Waals surface area contributed by atoms with Crippen molar-refractivity contribution in [2.75, 3.05) is 64.6 Å². The maximum atomic E-state index is 11.8. The van der Waals surface area contributed by atoms with Gasteiger partial charge in [0.1, 0.15) is 18.9 Å². The topological polar surface area (TPSA) is 184 Å². The van der Waals surface area contributed by atoms with Crippen molar-refractivity contribution in [3.63, 3.8) is 0 Å². The van der Waals surface area contributed by atoms with Gasteiger partial charge in [-0.05, 0) is 104 Å². The van der Waals surface area contributed by atoms with Crippen LogP contribution in [0.15, 0.2) is 42.8 Å². The van der Waals surface area contributed by atoms with E-state index < -0.39 is 0 Å². The van der Waals surface area contributed by atoms with Crippen LogP contribution in [0.25, 0.3) is 11.0 Å². The van der Waals surface area contributed by atoms with Gasteiger partial charge in [0, 0.05) is 32.5 Å². The smallest absolute Gasteiger partial charge is 0.220 e. The molecule has 1 aromatic heterocycles. The van der Waals surface area contributed by atoms with E-state index in [1.54, 1.807) is 20.2 Å². The van der Waals surface area contributed by atoms with Crippen LogP contribution in [-0.2, 0) is 25.7 Å². The zero-order valence-electron chi connectivity index (χ0n) is 28.0. The first-order valence-electron chi connectivity index (χ1n) is 15.2. The minimum absolute atomic E-state index is 0.0683. The number of rotatable bonds is 20. The number of hydrogen-bond acceptors (Lipinski definition) is 11. The molecule has 0 bridgehead atoms. The number of carbonyl (C=O) groups excluding carboxylic acids is 4. The van der Waals surface area contributed by atoms with E-state index in [0.717, 1.165) is 86.7 Å². The molecule has 0 aliphatic carbocycles. The van der Waals surface area contributed by atoms with Gasteiger partial charge in [0.05, 0.1) is 28.7 Å². The van der Waals surface area contributed by atoms with Gasteiger partial charge in [0.25, 0.3) is 0 Å². The van der Waals surface area contributed by atoms with Gasteiger partial charge < -0.3 is 41.4 Å². The molecule has 254 valence electrons. The van der Waals surface area contributed by atoms with E-state index in [9.17, 15) is 19.2 Å². The van der Waals surface area contributed by atoms with Gasteiger partial charge in [0.2, 0.25) is 5.91 Å². The molecule has 2 rings (SSSR count). The van der Waals surface area contributed by atoms with Crippen LogP contribution >= 0.6 is 0 Å². The summed E-state index contributed by atoms with van der Waals surface area (Å²) >= 11 is 0. The summed E-state index contributed by atoms with van der Waals surface area (Å²) in [6.07, 6.45) is 8.79. The van der Waals surface area contributed by atoms with Crippen molar-refractivity contribution >= 4 is 47.2 Å². The average Bonchev–Trinajstić information content (AvgIpc) is 3.43. The highest BCUT2D eigenvalue weighted by Crippen LogP contribution is 2.27. The van der Waals surface area contributed by atoms with Gasteiger partial charge in [-0.15, -0.1) is 0 Å². The summed E-state index contributed by atoms with van der Waals surface area (Å²) < 4.78 is 2.03. The summed E-state index contributed by atoms with van der Waals surface area (Å²) in [5.74, 6) is 5.71. The number of hydrazine groups is 1. The third-order valence-electron chi connectivity index (χ3n) is 5.71. The third kappa shape index (κ3) is 24.1. The van der Waals surface area contributed by atoms with Crippen LogP contribution in [0, 0.1) is 0 Å². The molecule has 0 saturated carbocycles.